The highest BCUT2D eigenvalue weighted by molar-refractivity contribution is 5.96. The Morgan fingerprint density at radius 2 is 1.78 bits per heavy atom. The number of aromatic nitrogens is 7. The van der Waals surface area contributed by atoms with E-state index in [1.807, 2.05) is 44.4 Å². The van der Waals surface area contributed by atoms with Crippen LogP contribution in [-0.2, 0) is 4.79 Å². The van der Waals surface area contributed by atoms with Gasteiger partial charge >= 0.3 is 0 Å². The molecule has 7 rings (SSSR count). The van der Waals surface area contributed by atoms with Crippen LogP contribution in [0.4, 0.5) is 15.8 Å². The maximum absolute atomic E-state index is 14.7. The van der Waals surface area contributed by atoms with Crippen LogP contribution in [0.25, 0.3) is 56.1 Å². The summed E-state index contributed by atoms with van der Waals surface area (Å²) in [6.45, 7) is 1.49. The van der Waals surface area contributed by atoms with E-state index < -0.39 is 0 Å². The average Bonchev–Trinajstić information content (AvgIpc) is 3.80. The number of amides is 1. The van der Waals surface area contributed by atoms with Gasteiger partial charge < -0.3 is 20.5 Å². The molecule has 0 saturated heterocycles. The van der Waals surface area contributed by atoms with Gasteiger partial charge in [-0.1, -0.05) is 12.8 Å². The maximum Gasteiger partial charge on any atom is 0.227 e. The summed E-state index contributed by atoms with van der Waals surface area (Å²) in [5.41, 5.74) is 7.18. The van der Waals surface area contributed by atoms with Crippen LogP contribution in [0.15, 0.2) is 61.1 Å². The number of benzene rings is 1. The lowest BCUT2D eigenvalue weighted by Crippen LogP contribution is -2.20. The topological polar surface area (TPSA) is 140 Å². The largest absolute Gasteiger partial charge is 0.384 e. The number of anilines is 2. The molecular formula is C33H33FN10O. The first-order valence-electron chi connectivity index (χ1n) is 15.1. The molecule has 0 atom stereocenters. The van der Waals surface area contributed by atoms with Crippen LogP contribution in [0.3, 0.4) is 0 Å². The van der Waals surface area contributed by atoms with E-state index in [-0.39, 0.29) is 17.6 Å². The Morgan fingerprint density at radius 3 is 2.62 bits per heavy atom. The van der Waals surface area contributed by atoms with Gasteiger partial charge in [-0.3, -0.25) is 19.9 Å². The summed E-state index contributed by atoms with van der Waals surface area (Å²) >= 11 is 0. The van der Waals surface area contributed by atoms with E-state index in [4.69, 9.17) is 9.97 Å². The van der Waals surface area contributed by atoms with Crippen LogP contribution >= 0.6 is 0 Å². The minimum absolute atomic E-state index is 0.0424. The number of carbonyl (C=O) groups is 1. The second-order valence-corrected chi connectivity index (χ2v) is 11.7. The van der Waals surface area contributed by atoms with Gasteiger partial charge in [0.25, 0.3) is 0 Å². The molecule has 0 bridgehead atoms. The third-order valence-electron chi connectivity index (χ3n) is 8.12. The smallest absolute Gasteiger partial charge is 0.227 e. The van der Waals surface area contributed by atoms with Gasteiger partial charge in [-0.05, 0) is 69.4 Å². The number of fused-ring (bicyclic) bond motifs is 2. The first kappa shape index (κ1) is 28.5. The molecule has 5 aromatic heterocycles. The predicted octanol–water partition coefficient (Wildman–Crippen LogP) is 5.87. The molecule has 1 aliphatic carbocycles. The van der Waals surface area contributed by atoms with Crippen molar-refractivity contribution in [2.45, 2.75) is 25.7 Å². The predicted molar refractivity (Wildman–Crippen MR) is 173 cm³/mol. The molecule has 11 nitrogen and oxygen atoms in total. The van der Waals surface area contributed by atoms with E-state index in [1.54, 1.807) is 18.6 Å². The normalized spacial score (nSPS) is 13.7. The third-order valence-corrected chi connectivity index (χ3v) is 8.12. The van der Waals surface area contributed by atoms with Crippen LogP contribution in [0, 0.1) is 11.7 Å². The summed E-state index contributed by atoms with van der Waals surface area (Å²) in [6.07, 6.45) is 9.09. The van der Waals surface area contributed by atoms with Crippen LogP contribution in [-0.4, -0.2) is 73.1 Å². The number of aromatic amines is 2. The van der Waals surface area contributed by atoms with E-state index in [9.17, 15) is 9.18 Å². The summed E-state index contributed by atoms with van der Waals surface area (Å²) in [5, 5.41) is 13.9. The molecule has 1 fully saturated rings. The van der Waals surface area contributed by atoms with Crippen molar-refractivity contribution in [1.29, 1.82) is 0 Å². The second kappa shape index (κ2) is 12.0. The number of halogens is 1. The van der Waals surface area contributed by atoms with Crippen LogP contribution in [0.1, 0.15) is 25.7 Å². The van der Waals surface area contributed by atoms with Gasteiger partial charge in [0, 0.05) is 48.2 Å². The molecule has 6 aromatic rings. The Hall–Kier alpha value is -5.23. The molecule has 0 unspecified atom stereocenters. The van der Waals surface area contributed by atoms with Gasteiger partial charge in [0.15, 0.2) is 11.5 Å². The first-order valence-corrected chi connectivity index (χ1v) is 15.1. The summed E-state index contributed by atoms with van der Waals surface area (Å²) in [5.74, 6) is 0.248. The Bertz CT molecular complexity index is 2010. The van der Waals surface area contributed by atoms with E-state index >= 15 is 0 Å². The molecule has 1 saturated carbocycles. The molecule has 45 heavy (non-hydrogen) atoms. The Morgan fingerprint density at radius 1 is 0.956 bits per heavy atom. The monoisotopic (exact) mass is 604 g/mol. The van der Waals surface area contributed by atoms with Crippen molar-refractivity contribution in [3.8, 4) is 34.0 Å². The van der Waals surface area contributed by atoms with E-state index in [0.717, 1.165) is 48.8 Å². The summed E-state index contributed by atoms with van der Waals surface area (Å²) in [7, 11) is 3.98. The summed E-state index contributed by atoms with van der Waals surface area (Å²) in [6, 6.07) is 12.3. The highest BCUT2D eigenvalue weighted by Crippen LogP contribution is 2.32. The molecule has 0 aliphatic heterocycles. The number of H-pyrrole nitrogens is 2. The zero-order valence-electron chi connectivity index (χ0n) is 25.1. The quantitative estimate of drug-likeness (QED) is 0.161. The number of nitrogens with one attached hydrogen (secondary N) is 4. The third kappa shape index (κ3) is 5.96. The summed E-state index contributed by atoms with van der Waals surface area (Å²) < 4.78 is 14.7. The molecule has 0 radical (unpaired) electrons. The SMILES string of the molecule is CN(C)CCNc1cc(F)cc(-c2nccc3[nH]c(-c4n[nH]c5ccc(-c6cncc(NC(=O)C7CCCC7)c6)nc45)nc23)c1. The molecule has 0 spiro atoms. The number of rotatable bonds is 9. The van der Waals surface area contributed by atoms with Gasteiger partial charge in [-0.25, -0.2) is 14.4 Å². The van der Waals surface area contributed by atoms with Crippen molar-refractivity contribution in [3.05, 3.63) is 66.9 Å². The highest BCUT2D eigenvalue weighted by atomic mass is 19.1. The van der Waals surface area contributed by atoms with Gasteiger partial charge in [0.1, 0.15) is 16.9 Å². The molecule has 228 valence electrons. The van der Waals surface area contributed by atoms with Crippen molar-refractivity contribution in [3.63, 3.8) is 0 Å². The van der Waals surface area contributed by atoms with Gasteiger partial charge in [0.05, 0.1) is 34.3 Å². The highest BCUT2D eigenvalue weighted by Gasteiger charge is 2.23. The van der Waals surface area contributed by atoms with Crippen LogP contribution in [0.2, 0.25) is 0 Å². The van der Waals surface area contributed by atoms with E-state index in [2.05, 4.69) is 40.7 Å². The van der Waals surface area contributed by atoms with Crippen LogP contribution < -0.4 is 10.6 Å². The number of pyridine rings is 3. The maximum atomic E-state index is 14.7. The van der Waals surface area contributed by atoms with E-state index in [0.29, 0.717) is 57.4 Å². The van der Waals surface area contributed by atoms with Gasteiger partial charge in [-0.15, -0.1) is 0 Å². The fourth-order valence-electron chi connectivity index (χ4n) is 5.82. The fraction of sp³-hybridized carbons (Fsp3) is 0.273. The average molecular weight is 605 g/mol. The van der Waals surface area contributed by atoms with Crippen molar-refractivity contribution in [2.24, 2.45) is 5.92 Å². The molecule has 5 heterocycles. The van der Waals surface area contributed by atoms with Gasteiger partial charge in [-0.2, -0.15) is 5.10 Å². The fourth-order valence-corrected chi connectivity index (χ4v) is 5.82. The number of hydrogen-bond donors (Lipinski definition) is 4. The lowest BCUT2D eigenvalue weighted by atomic mass is 10.1. The van der Waals surface area contributed by atoms with Crippen molar-refractivity contribution in [1.82, 2.24) is 40.0 Å². The van der Waals surface area contributed by atoms with Crippen molar-refractivity contribution < 1.29 is 9.18 Å². The molecule has 12 heteroatoms. The minimum atomic E-state index is -0.360. The standard InChI is InChI=1S/C33H33FN10O/c1-44(2)12-11-36-23-14-20(13-22(34)16-23)28-29-26(9-10-37-28)40-32(41-29)31-30-27(42-43-31)8-7-25(39-30)21-15-24(18-35-17-21)38-33(45)19-5-3-4-6-19/h7-10,13-19,36H,3-6,11-12H2,1-2H3,(H,38,45)(H,40,41)(H,42,43). The minimum Gasteiger partial charge on any atom is -0.384 e. The number of nitrogens with zero attached hydrogens (tertiary/aromatic N) is 6. The first-order chi connectivity index (χ1) is 21.9. The van der Waals surface area contributed by atoms with Crippen molar-refractivity contribution in [2.75, 3.05) is 37.8 Å². The number of carbonyl (C=O) groups excluding carboxylic acids is 1. The number of imidazole rings is 1. The van der Waals surface area contributed by atoms with E-state index in [1.165, 1.54) is 12.1 Å². The van der Waals surface area contributed by atoms with Crippen molar-refractivity contribution >= 4 is 39.3 Å². The van der Waals surface area contributed by atoms with Crippen LogP contribution in [0.5, 0.6) is 0 Å². The zero-order chi connectivity index (χ0) is 30.9. The lowest BCUT2D eigenvalue weighted by Gasteiger charge is -2.12. The molecule has 1 amide bonds. The zero-order valence-corrected chi connectivity index (χ0v) is 25.1. The number of hydrogen-bond acceptors (Lipinski definition) is 8. The molecule has 1 aliphatic rings. The number of likely N-dealkylation sites (N-methyl/N-ethyl adjacent to an activating group) is 1. The second-order valence-electron chi connectivity index (χ2n) is 11.7. The molecule has 4 N–H and O–H groups in total. The Labute approximate surface area is 258 Å². The Balaban J connectivity index is 1.20. The molecule has 1 aromatic carbocycles. The van der Waals surface area contributed by atoms with Gasteiger partial charge in [0.2, 0.25) is 5.91 Å². The Kier molecular flexibility index (Phi) is 7.64. The summed E-state index contributed by atoms with van der Waals surface area (Å²) in [4.78, 5) is 36.8. The lowest BCUT2D eigenvalue weighted by molar-refractivity contribution is -0.119. The molecular weight excluding hydrogens is 571 g/mol.